The molecule has 3 rings (SSSR count). The lowest BCUT2D eigenvalue weighted by Gasteiger charge is -2.33. The Balaban J connectivity index is 1.53. The fraction of sp³-hybridized carbons (Fsp3) is 0.471. The van der Waals surface area contributed by atoms with Crippen LogP contribution in [0.25, 0.3) is 0 Å². The first kappa shape index (κ1) is 17.4. The maximum Gasteiger partial charge on any atom is 0.253 e. The van der Waals surface area contributed by atoms with Crippen LogP contribution < -0.4 is 0 Å². The number of rotatable bonds is 3. The quantitative estimate of drug-likeness (QED) is 0.771. The van der Waals surface area contributed by atoms with E-state index in [2.05, 4.69) is 21.9 Å². The number of carbonyl (C=O) groups is 1. The summed E-state index contributed by atoms with van der Waals surface area (Å²) < 4.78 is 0.816. The molecular formula is C17H22N4OS2. The second-order valence-corrected chi connectivity index (χ2v) is 7.65. The summed E-state index contributed by atoms with van der Waals surface area (Å²) in [5, 5.41) is 5.88. The number of benzene rings is 1. The minimum atomic E-state index is 0.0107. The molecule has 1 atom stereocenters. The lowest BCUT2D eigenvalue weighted by molar-refractivity contribution is -0.130. The Morgan fingerprint density at radius 3 is 2.67 bits per heavy atom. The Kier molecular flexibility index (Phi) is 5.86. The van der Waals surface area contributed by atoms with E-state index in [1.807, 2.05) is 36.5 Å². The van der Waals surface area contributed by atoms with Gasteiger partial charge in [-0.3, -0.25) is 4.79 Å². The van der Waals surface area contributed by atoms with E-state index in [0.29, 0.717) is 5.75 Å². The highest BCUT2D eigenvalue weighted by Gasteiger charge is 2.28. The molecule has 0 aliphatic carbocycles. The fourth-order valence-corrected chi connectivity index (χ4v) is 3.98. The highest BCUT2D eigenvalue weighted by molar-refractivity contribution is 8.23. The Labute approximate surface area is 152 Å². The van der Waals surface area contributed by atoms with Crippen LogP contribution in [0.2, 0.25) is 0 Å². The van der Waals surface area contributed by atoms with Gasteiger partial charge in [-0.1, -0.05) is 54.3 Å². The Bertz CT molecular complexity index is 614. The predicted molar refractivity (Wildman–Crippen MR) is 103 cm³/mol. The summed E-state index contributed by atoms with van der Waals surface area (Å²) in [5.74, 6) is 0.352. The first-order chi connectivity index (χ1) is 11.6. The summed E-state index contributed by atoms with van der Waals surface area (Å²) in [7, 11) is 2.12. The average molecular weight is 363 g/mol. The summed E-state index contributed by atoms with van der Waals surface area (Å²) in [6.07, 6.45) is 2.59. The number of thioether (sulfide) groups is 1. The average Bonchev–Trinajstić information content (AvgIpc) is 3.10. The van der Waals surface area contributed by atoms with Crippen LogP contribution in [-0.4, -0.2) is 70.2 Å². The van der Waals surface area contributed by atoms with Crippen molar-refractivity contribution in [2.45, 2.75) is 12.5 Å². The van der Waals surface area contributed by atoms with Crippen LogP contribution in [0, 0.1) is 0 Å². The third-order valence-corrected chi connectivity index (χ3v) is 5.86. The Hall–Kier alpha value is -1.44. The number of carbonyl (C=O) groups excluding carboxylic acids is 1. The number of nitrogens with zero attached hydrogens (tertiary/aromatic N) is 4. The number of hydrogen-bond acceptors (Lipinski definition) is 5. The second-order valence-electron chi connectivity index (χ2n) is 6.04. The molecular weight excluding hydrogens is 340 g/mol. The molecule has 24 heavy (non-hydrogen) atoms. The molecule has 2 aliphatic rings. The number of likely N-dealkylation sites (N-methyl/N-ethyl adjacent to an activating group) is 1. The van der Waals surface area contributed by atoms with Crippen LogP contribution in [0.3, 0.4) is 0 Å². The molecule has 128 valence electrons. The van der Waals surface area contributed by atoms with Crippen molar-refractivity contribution >= 4 is 40.4 Å². The van der Waals surface area contributed by atoms with E-state index in [1.54, 1.807) is 5.01 Å². The van der Waals surface area contributed by atoms with Crippen LogP contribution in [-0.2, 0) is 4.79 Å². The summed E-state index contributed by atoms with van der Waals surface area (Å²) in [6.45, 7) is 3.90. The molecule has 0 saturated carbocycles. The van der Waals surface area contributed by atoms with Crippen LogP contribution >= 0.6 is 24.0 Å². The predicted octanol–water partition coefficient (Wildman–Crippen LogP) is 2.21. The third-order valence-electron chi connectivity index (χ3n) is 4.35. The van der Waals surface area contributed by atoms with Gasteiger partial charge in [0.25, 0.3) is 5.91 Å². The summed E-state index contributed by atoms with van der Waals surface area (Å²) in [6, 6.07) is 10.1. The molecule has 1 fully saturated rings. The van der Waals surface area contributed by atoms with Crippen LogP contribution in [0.1, 0.15) is 18.0 Å². The van der Waals surface area contributed by atoms with Gasteiger partial charge in [-0.15, -0.1) is 0 Å². The SMILES string of the molecule is CN1CCN(C(=S)SCC(=O)N2N=CCC2c2ccccc2)CC1. The minimum absolute atomic E-state index is 0.0107. The van der Waals surface area contributed by atoms with Crippen LogP contribution in [0.5, 0.6) is 0 Å². The first-order valence-electron chi connectivity index (χ1n) is 8.15. The van der Waals surface area contributed by atoms with Crippen molar-refractivity contribution < 1.29 is 4.79 Å². The zero-order valence-corrected chi connectivity index (χ0v) is 15.4. The summed E-state index contributed by atoms with van der Waals surface area (Å²) in [4.78, 5) is 17.1. The van der Waals surface area contributed by atoms with Gasteiger partial charge in [0, 0.05) is 38.8 Å². The molecule has 0 radical (unpaired) electrons. The summed E-state index contributed by atoms with van der Waals surface area (Å²) >= 11 is 6.94. The lowest BCUT2D eigenvalue weighted by Crippen LogP contribution is -2.46. The van der Waals surface area contributed by atoms with E-state index in [1.165, 1.54) is 11.8 Å². The normalized spacial score (nSPS) is 21.3. The molecule has 1 amide bonds. The molecule has 1 saturated heterocycles. The maximum atomic E-state index is 12.6. The second kappa shape index (κ2) is 8.09. The topological polar surface area (TPSA) is 39.1 Å². The zero-order valence-electron chi connectivity index (χ0n) is 13.8. The molecule has 2 aliphatic heterocycles. The van der Waals surface area contributed by atoms with Gasteiger partial charge in [-0.25, -0.2) is 5.01 Å². The molecule has 1 unspecified atom stereocenters. The van der Waals surface area contributed by atoms with E-state index in [9.17, 15) is 4.79 Å². The maximum absolute atomic E-state index is 12.6. The largest absolute Gasteiger partial charge is 0.355 e. The van der Waals surface area contributed by atoms with Gasteiger partial charge in [0.2, 0.25) is 0 Å². The van der Waals surface area contributed by atoms with Crippen molar-refractivity contribution in [1.82, 2.24) is 14.8 Å². The van der Waals surface area contributed by atoms with Crippen molar-refractivity contribution in [3.63, 3.8) is 0 Å². The van der Waals surface area contributed by atoms with Crippen LogP contribution in [0.15, 0.2) is 35.4 Å². The van der Waals surface area contributed by atoms with E-state index in [-0.39, 0.29) is 11.9 Å². The zero-order chi connectivity index (χ0) is 16.9. The van der Waals surface area contributed by atoms with E-state index < -0.39 is 0 Å². The van der Waals surface area contributed by atoms with Crippen molar-refractivity contribution in [2.75, 3.05) is 39.0 Å². The highest BCUT2D eigenvalue weighted by atomic mass is 32.2. The smallest absolute Gasteiger partial charge is 0.253 e. The molecule has 1 aromatic carbocycles. The van der Waals surface area contributed by atoms with E-state index in [4.69, 9.17) is 12.2 Å². The van der Waals surface area contributed by atoms with E-state index in [0.717, 1.165) is 42.5 Å². The standard InChI is InChI=1S/C17H22N4OS2/c1-19-9-11-20(12-10-19)17(23)24-13-16(22)21-15(7-8-18-21)14-5-3-2-4-6-14/h2-6,8,15H,7,9-13H2,1H3. The van der Waals surface area contributed by atoms with Gasteiger partial charge in [0.15, 0.2) is 0 Å². The molecule has 1 aromatic rings. The van der Waals surface area contributed by atoms with Gasteiger partial charge >= 0.3 is 0 Å². The number of hydrogen-bond donors (Lipinski definition) is 0. The molecule has 0 spiro atoms. The Morgan fingerprint density at radius 2 is 1.96 bits per heavy atom. The van der Waals surface area contributed by atoms with Gasteiger partial charge in [0.1, 0.15) is 4.32 Å². The molecule has 2 heterocycles. The summed E-state index contributed by atoms with van der Waals surface area (Å²) in [5.41, 5.74) is 1.12. The van der Waals surface area contributed by atoms with Gasteiger partial charge < -0.3 is 9.80 Å². The number of thiocarbonyl (C=S) groups is 1. The molecule has 7 heteroatoms. The number of amides is 1. The molecule has 5 nitrogen and oxygen atoms in total. The monoisotopic (exact) mass is 362 g/mol. The minimum Gasteiger partial charge on any atom is -0.355 e. The highest BCUT2D eigenvalue weighted by Crippen LogP contribution is 2.28. The van der Waals surface area contributed by atoms with Gasteiger partial charge in [-0.2, -0.15) is 5.10 Å². The number of hydrazone groups is 1. The lowest BCUT2D eigenvalue weighted by atomic mass is 10.0. The van der Waals surface area contributed by atoms with Crippen LogP contribution in [0.4, 0.5) is 0 Å². The third kappa shape index (κ3) is 4.15. The molecule has 0 aromatic heterocycles. The molecule has 0 N–H and O–H groups in total. The van der Waals surface area contributed by atoms with Crippen molar-refractivity contribution in [2.24, 2.45) is 5.10 Å². The molecule has 0 bridgehead atoms. The van der Waals surface area contributed by atoms with Gasteiger partial charge in [0.05, 0.1) is 11.8 Å². The van der Waals surface area contributed by atoms with Crippen molar-refractivity contribution in [3.05, 3.63) is 35.9 Å². The first-order valence-corrected chi connectivity index (χ1v) is 9.54. The number of piperazine rings is 1. The fourth-order valence-electron chi connectivity index (χ4n) is 2.88. The Morgan fingerprint density at radius 1 is 1.25 bits per heavy atom. The van der Waals surface area contributed by atoms with Crippen molar-refractivity contribution in [3.8, 4) is 0 Å². The van der Waals surface area contributed by atoms with E-state index >= 15 is 0 Å². The van der Waals surface area contributed by atoms with Crippen molar-refractivity contribution in [1.29, 1.82) is 0 Å². The van der Waals surface area contributed by atoms with Gasteiger partial charge in [-0.05, 0) is 12.6 Å².